The number of hydrogen-bond donors (Lipinski definition) is 0. The third-order valence-electron chi connectivity index (χ3n) is 2.78. The summed E-state index contributed by atoms with van der Waals surface area (Å²) in [6, 6.07) is 4.84. The Hall–Kier alpha value is -1.89. The number of aryl methyl sites for hydroxylation is 1. The Morgan fingerprint density at radius 2 is 2.25 bits per heavy atom. The molecular weight excluding hydrogens is 326 g/mol. The minimum absolute atomic E-state index is 0.0300. The average molecular weight is 340 g/mol. The Labute approximate surface area is 124 Å². The third kappa shape index (κ3) is 3.36. The zero-order valence-corrected chi connectivity index (χ0v) is 12.5. The van der Waals surface area contributed by atoms with Gasteiger partial charge in [-0.15, -0.1) is 0 Å². The second-order valence-electron chi connectivity index (χ2n) is 4.19. The predicted molar refractivity (Wildman–Crippen MR) is 78.0 cm³/mol. The Bertz CT molecular complexity index is 613. The summed E-state index contributed by atoms with van der Waals surface area (Å²) in [5.41, 5.74) is 1.78. The van der Waals surface area contributed by atoms with E-state index < -0.39 is 4.92 Å². The maximum atomic E-state index is 11.0. The molecule has 2 rings (SSSR count). The topological polar surface area (TPSA) is 70.2 Å². The fraction of sp³-hybridized carbons (Fsp3) is 0.308. The number of nitrogens with zero attached hydrogens (tertiary/aromatic N) is 3. The molecule has 0 atom stereocenters. The van der Waals surface area contributed by atoms with E-state index >= 15 is 0 Å². The highest BCUT2D eigenvalue weighted by Gasteiger charge is 2.15. The van der Waals surface area contributed by atoms with Gasteiger partial charge in [0.05, 0.1) is 11.1 Å². The molecule has 0 bridgehead atoms. The molecule has 0 amide bonds. The Balaban J connectivity index is 2.16. The van der Waals surface area contributed by atoms with Crippen molar-refractivity contribution in [3.63, 3.8) is 0 Å². The zero-order valence-electron chi connectivity index (χ0n) is 11.0. The number of aromatic nitrogens is 2. The van der Waals surface area contributed by atoms with Gasteiger partial charge in [-0.2, -0.15) is 5.10 Å². The van der Waals surface area contributed by atoms with Gasteiger partial charge in [0.1, 0.15) is 6.61 Å². The second-order valence-corrected chi connectivity index (χ2v) is 4.75. The number of ether oxygens (including phenoxy) is 1. The molecule has 0 fully saturated rings. The summed E-state index contributed by atoms with van der Waals surface area (Å²) in [6.07, 6.45) is 3.56. The lowest BCUT2D eigenvalue weighted by Gasteiger charge is -2.06. The lowest BCUT2D eigenvalue weighted by molar-refractivity contribution is -0.386. The number of nitro benzene ring substituents is 1. The molecule has 1 aromatic heterocycles. The molecule has 0 unspecified atom stereocenters. The van der Waals surface area contributed by atoms with E-state index in [9.17, 15) is 10.1 Å². The quantitative estimate of drug-likeness (QED) is 0.460. The molecule has 0 N–H and O–H groups in total. The summed E-state index contributed by atoms with van der Waals surface area (Å²) in [6.45, 7) is 3.02. The van der Waals surface area contributed by atoms with Crippen molar-refractivity contribution in [2.75, 3.05) is 0 Å². The van der Waals surface area contributed by atoms with Gasteiger partial charge in [-0.1, -0.05) is 22.0 Å². The van der Waals surface area contributed by atoms with Crippen molar-refractivity contribution in [1.29, 1.82) is 0 Å². The molecule has 0 aliphatic heterocycles. The van der Waals surface area contributed by atoms with E-state index in [2.05, 4.69) is 21.0 Å². The van der Waals surface area contributed by atoms with Gasteiger partial charge in [-0.05, 0) is 18.6 Å². The first-order valence-electron chi connectivity index (χ1n) is 6.11. The van der Waals surface area contributed by atoms with Crippen molar-refractivity contribution in [3.8, 4) is 5.75 Å². The standard InChI is InChI=1S/C13H14BrN3O3/c1-2-16-8-11(7-15-16)9-20-13-5-10(6-14)3-4-12(13)17(18)19/h3-5,7-8H,2,6,9H2,1H3. The molecule has 0 radical (unpaired) electrons. The van der Waals surface area contributed by atoms with E-state index in [4.69, 9.17) is 4.74 Å². The van der Waals surface area contributed by atoms with Gasteiger partial charge in [0, 0.05) is 29.7 Å². The summed E-state index contributed by atoms with van der Waals surface area (Å²) in [7, 11) is 0. The molecule has 0 aliphatic carbocycles. The van der Waals surface area contributed by atoms with Crippen molar-refractivity contribution < 1.29 is 9.66 Å². The first-order chi connectivity index (χ1) is 9.63. The van der Waals surface area contributed by atoms with E-state index in [-0.39, 0.29) is 18.0 Å². The van der Waals surface area contributed by atoms with Crippen LogP contribution in [0.25, 0.3) is 0 Å². The van der Waals surface area contributed by atoms with Crippen molar-refractivity contribution >= 4 is 21.6 Å². The summed E-state index contributed by atoms with van der Waals surface area (Å²) >= 11 is 3.32. The van der Waals surface area contributed by atoms with Crippen LogP contribution in [0.3, 0.4) is 0 Å². The van der Waals surface area contributed by atoms with Crippen molar-refractivity contribution in [2.24, 2.45) is 0 Å². The summed E-state index contributed by atoms with van der Waals surface area (Å²) in [5, 5.41) is 15.7. The number of nitro groups is 1. The third-order valence-corrected chi connectivity index (χ3v) is 3.43. The molecule has 20 heavy (non-hydrogen) atoms. The molecular formula is C13H14BrN3O3. The monoisotopic (exact) mass is 339 g/mol. The van der Waals surface area contributed by atoms with Gasteiger partial charge in [0.15, 0.2) is 5.75 Å². The van der Waals surface area contributed by atoms with Crippen LogP contribution < -0.4 is 4.74 Å². The molecule has 2 aromatic rings. The SMILES string of the molecule is CCn1cc(COc2cc(CBr)ccc2[N+](=O)[O-])cn1. The number of alkyl halides is 1. The number of benzene rings is 1. The normalized spacial score (nSPS) is 10.5. The van der Waals surface area contributed by atoms with Crippen LogP contribution in [-0.2, 0) is 18.5 Å². The largest absolute Gasteiger partial charge is 0.482 e. The van der Waals surface area contributed by atoms with E-state index in [0.717, 1.165) is 17.7 Å². The van der Waals surface area contributed by atoms with Crippen LogP contribution in [0.1, 0.15) is 18.1 Å². The van der Waals surface area contributed by atoms with Crippen LogP contribution in [0.15, 0.2) is 30.6 Å². The Kier molecular flexibility index (Phi) is 4.73. The lowest BCUT2D eigenvalue weighted by Crippen LogP contribution is -1.99. The minimum Gasteiger partial charge on any atom is -0.482 e. The fourth-order valence-corrected chi connectivity index (χ4v) is 2.07. The smallest absolute Gasteiger partial charge is 0.310 e. The number of rotatable bonds is 6. The van der Waals surface area contributed by atoms with E-state index in [1.807, 2.05) is 13.1 Å². The lowest BCUT2D eigenvalue weighted by atomic mass is 10.2. The number of hydrogen-bond acceptors (Lipinski definition) is 4. The van der Waals surface area contributed by atoms with Crippen molar-refractivity contribution in [2.45, 2.75) is 25.4 Å². The highest BCUT2D eigenvalue weighted by atomic mass is 79.9. The summed E-state index contributed by atoms with van der Waals surface area (Å²) in [5.74, 6) is 0.274. The van der Waals surface area contributed by atoms with E-state index in [1.165, 1.54) is 6.07 Å². The average Bonchev–Trinajstić information content (AvgIpc) is 2.92. The molecule has 1 heterocycles. The minimum atomic E-state index is -0.442. The second kappa shape index (κ2) is 6.51. The van der Waals surface area contributed by atoms with Crippen LogP contribution in [0, 0.1) is 10.1 Å². The first kappa shape index (κ1) is 14.5. The van der Waals surface area contributed by atoms with Crippen LogP contribution in [0.5, 0.6) is 5.75 Å². The molecule has 0 aliphatic rings. The first-order valence-corrected chi connectivity index (χ1v) is 7.23. The van der Waals surface area contributed by atoms with Gasteiger partial charge in [0.2, 0.25) is 0 Å². The number of halogens is 1. The molecule has 1 aromatic carbocycles. The summed E-state index contributed by atoms with van der Waals surface area (Å²) in [4.78, 5) is 10.5. The van der Waals surface area contributed by atoms with Crippen molar-refractivity contribution in [1.82, 2.24) is 9.78 Å². The highest BCUT2D eigenvalue weighted by molar-refractivity contribution is 9.08. The molecule has 0 saturated heterocycles. The molecule has 0 spiro atoms. The molecule has 0 saturated carbocycles. The van der Waals surface area contributed by atoms with Crippen molar-refractivity contribution in [3.05, 3.63) is 51.8 Å². The van der Waals surface area contributed by atoms with Gasteiger partial charge in [-0.3, -0.25) is 14.8 Å². The maximum absolute atomic E-state index is 11.0. The van der Waals surface area contributed by atoms with Gasteiger partial charge < -0.3 is 4.74 Å². The fourth-order valence-electron chi connectivity index (χ4n) is 1.72. The zero-order chi connectivity index (χ0) is 14.5. The molecule has 6 nitrogen and oxygen atoms in total. The maximum Gasteiger partial charge on any atom is 0.310 e. The van der Waals surface area contributed by atoms with Crippen LogP contribution >= 0.6 is 15.9 Å². The van der Waals surface area contributed by atoms with Gasteiger partial charge in [0.25, 0.3) is 0 Å². The molecule has 106 valence electrons. The van der Waals surface area contributed by atoms with Gasteiger partial charge >= 0.3 is 5.69 Å². The van der Waals surface area contributed by atoms with Crippen LogP contribution in [0.2, 0.25) is 0 Å². The summed E-state index contributed by atoms with van der Waals surface area (Å²) < 4.78 is 7.35. The molecule has 7 heteroatoms. The Morgan fingerprint density at radius 1 is 1.45 bits per heavy atom. The van der Waals surface area contributed by atoms with Crippen LogP contribution in [-0.4, -0.2) is 14.7 Å². The van der Waals surface area contributed by atoms with E-state index in [1.54, 1.807) is 23.0 Å². The van der Waals surface area contributed by atoms with E-state index in [0.29, 0.717) is 5.33 Å². The Morgan fingerprint density at radius 3 is 2.85 bits per heavy atom. The predicted octanol–water partition coefficient (Wildman–Crippen LogP) is 3.29. The van der Waals surface area contributed by atoms with Gasteiger partial charge in [-0.25, -0.2) is 0 Å². The van der Waals surface area contributed by atoms with Crippen LogP contribution in [0.4, 0.5) is 5.69 Å². The highest BCUT2D eigenvalue weighted by Crippen LogP contribution is 2.29.